The minimum atomic E-state index is -4.32. The van der Waals surface area contributed by atoms with Crippen molar-refractivity contribution in [3.05, 3.63) is 29.6 Å². The fourth-order valence-electron chi connectivity index (χ4n) is 1.21. The van der Waals surface area contributed by atoms with Gasteiger partial charge in [-0.05, 0) is 24.6 Å². The number of benzene rings is 1. The Balaban J connectivity index is 2.27. The maximum atomic E-state index is 13.3. The Morgan fingerprint density at radius 2 is 2.00 bits per heavy atom. The van der Waals surface area contributed by atoms with Crippen LogP contribution < -0.4 is 5.32 Å². The lowest BCUT2D eigenvalue weighted by Crippen LogP contribution is -2.20. The largest absolute Gasteiger partial charge is 0.411 e. The van der Waals surface area contributed by atoms with Crippen molar-refractivity contribution < 1.29 is 22.3 Å². The van der Waals surface area contributed by atoms with Crippen LogP contribution >= 0.6 is 0 Å². The number of aryl methyl sites for hydroxylation is 1. The second kappa shape index (κ2) is 5.86. The van der Waals surface area contributed by atoms with E-state index in [0.717, 1.165) is 5.56 Å². The zero-order valence-electron chi connectivity index (χ0n) is 9.27. The minimum Gasteiger partial charge on any atom is -0.380 e. The number of nitrogens with one attached hydrogen (secondary N) is 1. The number of hydrogen-bond acceptors (Lipinski definition) is 2. The Morgan fingerprint density at radius 1 is 1.29 bits per heavy atom. The lowest BCUT2D eigenvalue weighted by atomic mass is 10.2. The summed E-state index contributed by atoms with van der Waals surface area (Å²) >= 11 is 0. The lowest BCUT2D eigenvalue weighted by molar-refractivity contribution is -0.172. The smallest absolute Gasteiger partial charge is 0.380 e. The molecule has 0 fully saturated rings. The van der Waals surface area contributed by atoms with Gasteiger partial charge in [-0.3, -0.25) is 0 Å². The molecule has 1 rings (SSSR count). The van der Waals surface area contributed by atoms with Gasteiger partial charge in [-0.25, -0.2) is 4.39 Å². The van der Waals surface area contributed by atoms with Crippen molar-refractivity contribution in [3.8, 4) is 0 Å². The number of alkyl halides is 3. The molecule has 0 saturated heterocycles. The topological polar surface area (TPSA) is 21.3 Å². The Hall–Kier alpha value is -1.30. The molecule has 1 aromatic carbocycles. The third-order valence-electron chi connectivity index (χ3n) is 1.95. The predicted octanol–water partition coefficient (Wildman–Crippen LogP) is 3.12. The van der Waals surface area contributed by atoms with E-state index in [2.05, 4.69) is 10.1 Å². The molecule has 0 saturated carbocycles. The lowest BCUT2D eigenvalue weighted by Gasteiger charge is -2.10. The van der Waals surface area contributed by atoms with E-state index >= 15 is 0 Å². The van der Waals surface area contributed by atoms with Gasteiger partial charge in [-0.1, -0.05) is 6.07 Å². The molecule has 6 heteroatoms. The number of hydrogen-bond donors (Lipinski definition) is 1. The van der Waals surface area contributed by atoms with E-state index in [4.69, 9.17) is 0 Å². The van der Waals surface area contributed by atoms with Crippen molar-refractivity contribution in [2.45, 2.75) is 13.1 Å². The first-order valence-corrected chi connectivity index (χ1v) is 5.03. The zero-order valence-corrected chi connectivity index (χ0v) is 9.27. The standard InChI is InChI=1S/C11H13F4NO/c1-8-2-3-10(9(12)6-8)16-4-5-17-7-11(13,14)15/h2-3,6,16H,4-5,7H2,1H3. The van der Waals surface area contributed by atoms with Crippen LogP contribution in [0.3, 0.4) is 0 Å². The zero-order chi connectivity index (χ0) is 12.9. The van der Waals surface area contributed by atoms with Crippen LogP contribution in [0, 0.1) is 12.7 Å². The van der Waals surface area contributed by atoms with Gasteiger partial charge in [0.1, 0.15) is 12.4 Å². The molecule has 0 aliphatic heterocycles. The third kappa shape index (κ3) is 5.53. The van der Waals surface area contributed by atoms with Crippen LogP contribution in [0.5, 0.6) is 0 Å². The van der Waals surface area contributed by atoms with Crippen molar-refractivity contribution in [2.24, 2.45) is 0 Å². The van der Waals surface area contributed by atoms with Crippen LogP contribution in [0.2, 0.25) is 0 Å². The molecular weight excluding hydrogens is 238 g/mol. The molecule has 0 aromatic heterocycles. The summed E-state index contributed by atoms with van der Waals surface area (Å²) in [5, 5.41) is 2.66. The number of ether oxygens (including phenoxy) is 1. The molecule has 17 heavy (non-hydrogen) atoms. The van der Waals surface area contributed by atoms with Gasteiger partial charge in [0.2, 0.25) is 0 Å². The fourth-order valence-corrected chi connectivity index (χ4v) is 1.21. The highest BCUT2D eigenvalue weighted by molar-refractivity contribution is 5.45. The highest BCUT2D eigenvalue weighted by Crippen LogP contribution is 2.16. The van der Waals surface area contributed by atoms with E-state index < -0.39 is 18.6 Å². The molecule has 0 atom stereocenters. The minimum absolute atomic E-state index is 0.121. The Bertz CT molecular complexity index is 365. The predicted molar refractivity (Wildman–Crippen MR) is 56.5 cm³/mol. The first-order chi connectivity index (χ1) is 7.88. The second-order valence-electron chi connectivity index (χ2n) is 3.58. The summed E-state index contributed by atoms with van der Waals surface area (Å²) < 4.78 is 52.8. The Labute approximate surface area is 96.6 Å². The molecule has 0 heterocycles. The molecule has 2 nitrogen and oxygen atoms in total. The molecule has 0 spiro atoms. The number of rotatable bonds is 5. The molecule has 0 bridgehead atoms. The van der Waals surface area contributed by atoms with Gasteiger partial charge in [0.05, 0.1) is 12.3 Å². The number of anilines is 1. The third-order valence-corrected chi connectivity index (χ3v) is 1.95. The van der Waals surface area contributed by atoms with Crippen LogP contribution in [0.4, 0.5) is 23.2 Å². The van der Waals surface area contributed by atoms with Crippen molar-refractivity contribution in [1.82, 2.24) is 0 Å². The maximum absolute atomic E-state index is 13.3. The Morgan fingerprint density at radius 3 is 2.59 bits per heavy atom. The van der Waals surface area contributed by atoms with Gasteiger partial charge in [-0.2, -0.15) is 13.2 Å². The molecule has 96 valence electrons. The summed E-state index contributed by atoms with van der Waals surface area (Å²) in [6.45, 7) is 0.452. The summed E-state index contributed by atoms with van der Waals surface area (Å²) in [6.07, 6.45) is -4.32. The fraction of sp³-hybridized carbons (Fsp3) is 0.455. The first-order valence-electron chi connectivity index (χ1n) is 5.03. The molecule has 0 aliphatic rings. The average molecular weight is 251 g/mol. The van der Waals surface area contributed by atoms with Crippen molar-refractivity contribution in [3.63, 3.8) is 0 Å². The SMILES string of the molecule is Cc1ccc(NCCOCC(F)(F)F)c(F)c1. The first kappa shape index (κ1) is 13.8. The van der Waals surface area contributed by atoms with Gasteiger partial charge in [0, 0.05) is 6.54 Å². The van der Waals surface area contributed by atoms with Crippen LogP contribution in [0.15, 0.2) is 18.2 Å². The van der Waals surface area contributed by atoms with E-state index in [9.17, 15) is 17.6 Å². The van der Waals surface area contributed by atoms with Gasteiger partial charge in [0.25, 0.3) is 0 Å². The molecule has 0 radical (unpaired) electrons. The highest BCUT2D eigenvalue weighted by atomic mass is 19.4. The van der Waals surface area contributed by atoms with Gasteiger partial charge in [-0.15, -0.1) is 0 Å². The monoisotopic (exact) mass is 251 g/mol. The molecule has 1 N–H and O–H groups in total. The van der Waals surface area contributed by atoms with E-state index in [0.29, 0.717) is 0 Å². The van der Waals surface area contributed by atoms with Gasteiger partial charge >= 0.3 is 6.18 Å². The maximum Gasteiger partial charge on any atom is 0.411 e. The molecular formula is C11H13F4NO. The summed E-state index contributed by atoms with van der Waals surface area (Å²) in [4.78, 5) is 0. The summed E-state index contributed by atoms with van der Waals surface area (Å²) in [6, 6.07) is 4.59. The average Bonchev–Trinajstić information content (AvgIpc) is 2.18. The van der Waals surface area contributed by atoms with E-state index in [1.165, 1.54) is 12.1 Å². The van der Waals surface area contributed by atoms with E-state index in [1.807, 2.05) is 0 Å². The second-order valence-corrected chi connectivity index (χ2v) is 3.58. The van der Waals surface area contributed by atoms with Gasteiger partial charge < -0.3 is 10.1 Å². The summed E-state index contributed by atoms with van der Waals surface area (Å²) in [5.74, 6) is -0.430. The normalized spacial score (nSPS) is 11.6. The Kier molecular flexibility index (Phi) is 4.74. The quantitative estimate of drug-likeness (QED) is 0.641. The molecule has 0 unspecified atom stereocenters. The van der Waals surface area contributed by atoms with Crippen LogP contribution in [0.25, 0.3) is 0 Å². The summed E-state index contributed by atoms with van der Waals surface area (Å²) in [5.41, 5.74) is 1.03. The van der Waals surface area contributed by atoms with Gasteiger partial charge in [0.15, 0.2) is 0 Å². The van der Waals surface area contributed by atoms with Crippen LogP contribution in [0.1, 0.15) is 5.56 Å². The van der Waals surface area contributed by atoms with E-state index in [-0.39, 0.29) is 18.8 Å². The van der Waals surface area contributed by atoms with Crippen LogP contribution in [-0.4, -0.2) is 25.9 Å². The van der Waals surface area contributed by atoms with Crippen molar-refractivity contribution in [1.29, 1.82) is 0 Å². The van der Waals surface area contributed by atoms with Crippen molar-refractivity contribution >= 4 is 5.69 Å². The highest BCUT2D eigenvalue weighted by Gasteiger charge is 2.27. The van der Waals surface area contributed by atoms with Crippen molar-refractivity contribution in [2.75, 3.05) is 25.1 Å². The summed E-state index contributed by atoms with van der Waals surface area (Å²) in [7, 11) is 0. The van der Waals surface area contributed by atoms with E-state index in [1.54, 1.807) is 13.0 Å². The molecule has 1 aromatic rings. The number of halogens is 4. The molecule has 0 aliphatic carbocycles. The van der Waals surface area contributed by atoms with Crippen LogP contribution in [-0.2, 0) is 4.74 Å². The molecule has 0 amide bonds.